The fraction of sp³-hybridized carbons (Fsp3) is 0.190. The zero-order valence-electron chi connectivity index (χ0n) is 14.6. The van der Waals surface area contributed by atoms with Gasteiger partial charge >= 0.3 is 0 Å². The third kappa shape index (κ3) is 2.71. The quantitative estimate of drug-likeness (QED) is 0.587. The van der Waals surface area contributed by atoms with Crippen molar-refractivity contribution in [3.63, 3.8) is 0 Å². The number of aromatic nitrogens is 4. The summed E-state index contributed by atoms with van der Waals surface area (Å²) in [6.07, 6.45) is 4.29. The van der Waals surface area contributed by atoms with Crippen molar-refractivity contribution in [2.45, 2.75) is 18.8 Å². The smallest absolute Gasteiger partial charge is 0.161 e. The van der Waals surface area contributed by atoms with Crippen LogP contribution in [0, 0.1) is 0 Å². The van der Waals surface area contributed by atoms with Crippen LogP contribution in [-0.2, 0) is 7.05 Å². The summed E-state index contributed by atoms with van der Waals surface area (Å²) < 4.78 is 2.22. The molecular weight excluding hydrogens is 322 g/mol. The molecule has 1 aliphatic rings. The van der Waals surface area contributed by atoms with Gasteiger partial charge in [-0.2, -0.15) is 0 Å². The van der Waals surface area contributed by atoms with Crippen molar-refractivity contribution in [1.29, 1.82) is 0 Å². The topological polar surface area (TPSA) is 55.6 Å². The molecule has 1 aliphatic carbocycles. The molecule has 5 nitrogen and oxygen atoms in total. The van der Waals surface area contributed by atoms with Gasteiger partial charge in [0, 0.05) is 30.4 Å². The number of anilines is 2. The Labute approximate surface area is 151 Å². The maximum absolute atomic E-state index is 4.83. The highest BCUT2D eigenvalue weighted by Crippen LogP contribution is 2.40. The number of rotatable bonds is 4. The maximum Gasteiger partial charge on any atom is 0.161 e. The minimum Gasteiger partial charge on any atom is -0.340 e. The monoisotopic (exact) mass is 341 g/mol. The largest absolute Gasteiger partial charge is 0.340 e. The van der Waals surface area contributed by atoms with E-state index in [-0.39, 0.29) is 0 Å². The van der Waals surface area contributed by atoms with Gasteiger partial charge in [-0.05, 0) is 37.1 Å². The highest BCUT2D eigenvalue weighted by molar-refractivity contribution is 5.81. The standard InChI is InChI=1S/C21H19N5/c1-26-18-10-9-16(13-17(18)24-21(26)15-7-8-15)23-19-11-12-22-20(25-19)14-5-3-2-4-6-14/h2-6,9-13,15H,7-8H2,1H3,(H,22,23,25). The molecule has 2 aromatic heterocycles. The minimum absolute atomic E-state index is 0.638. The highest BCUT2D eigenvalue weighted by atomic mass is 15.1. The van der Waals surface area contributed by atoms with E-state index in [9.17, 15) is 0 Å². The molecule has 1 saturated carbocycles. The summed E-state index contributed by atoms with van der Waals surface area (Å²) in [5.74, 6) is 3.33. The summed E-state index contributed by atoms with van der Waals surface area (Å²) in [4.78, 5) is 13.8. The van der Waals surface area contributed by atoms with E-state index in [4.69, 9.17) is 4.98 Å². The van der Waals surface area contributed by atoms with Crippen LogP contribution in [0.3, 0.4) is 0 Å². The first-order chi connectivity index (χ1) is 12.8. The van der Waals surface area contributed by atoms with Gasteiger partial charge in [-0.3, -0.25) is 0 Å². The highest BCUT2D eigenvalue weighted by Gasteiger charge is 2.28. The van der Waals surface area contributed by atoms with Crippen molar-refractivity contribution < 1.29 is 0 Å². The molecule has 0 radical (unpaired) electrons. The number of nitrogens with zero attached hydrogens (tertiary/aromatic N) is 4. The summed E-state index contributed by atoms with van der Waals surface area (Å²) in [6, 6.07) is 18.2. The lowest BCUT2D eigenvalue weighted by Gasteiger charge is -2.07. The molecule has 0 bridgehead atoms. The molecule has 2 heterocycles. The SMILES string of the molecule is Cn1c(C2CC2)nc2cc(Nc3ccnc(-c4ccccc4)n3)ccc21. The average molecular weight is 341 g/mol. The van der Waals surface area contributed by atoms with Crippen LogP contribution in [0.5, 0.6) is 0 Å². The predicted octanol–water partition coefficient (Wildman–Crippen LogP) is 4.65. The Hall–Kier alpha value is -3.21. The lowest BCUT2D eigenvalue weighted by atomic mass is 10.2. The Morgan fingerprint density at radius 2 is 1.85 bits per heavy atom. The maximum atomic E-state index is 4.83. The first-order valence-electron chi connectivity index (χ1n) is 8.90. The second kappa shape index (κ2) is 5.95. The lowest BCUT2D eigenvalue weighted by molar-refractivity contribution is 0.820. The fourth-order valence-electron chi connectivity index (χ4n) is 3.31. The third-order valence-corrected chi connectivity index (χ3v) is 4.82. The molecule has 1 fully saturated rings. The van der Waals surface area contributed by atoms with Crippen LogP contribution in [-0.4, -0.2) is 19.5 Å². The molecule has 0 aliphatic heterocycles. The molecule has 0 amide bonds. The summed E-state index contributed by atoms with van der Waals surface area (Å²) in [6.45, 7) is 0. The average Bonchev–Trinajstić information content (AvgIpc) is 3.47. The van der Waals surface area contributed by atoms with Crippen LogP contribution in [0.1, 0.15) is 24.6 Å². The minimum atomic E-state index is 0.638. The molecule has 128 valence electrons. The van der Waals surface area contributed by atoms with Gasteiger partial charge in [0.1, 0.15) is 11.6 Å². The molecule has 5 heteroatoms. The van der Waals surface area contributed by atoms with Crippen LogP contribution in [0.4, 0.5) is 11.5 Å². The molecular formula is C21H19N5. The van der Waals surface area contributed by atoms with Crippen molar-refractivity contribution in [3.05, 3.63) is 66.6 Å². The van der Waals surface area contributed by atoms with Gasteiger partial charge in [-0.25, -0.2) is 15.0 Å². The summed E-state index contributed by atoms with van der Waals surface area (Å²) in [5, 5.41) is 3.38. The predicted molar refractivity (Wildman–Crippen MR) is 103 cm³/mol. The van der Waals surface area contributed by atoms with Crippen molar-refractivity contribution >= 4 is 22.5 Å². The van der Waals surface area contributed by atoms with E-state index >= 15 is 0 Å². The van der Waals surface area contributed by atoms with Crippen molar-refractivity contribution in [1.82, 2.24) is 19.5 Å². The lowest BCUT2D eigenvalue weighted by Crippen LogP contribution is -1.97. The summed E-state index contributed by atoms with van der Waals surface area (Å²) in [7, 11) is 2.10. The zero-order chi connectivity index (χ0) is 17.5. The van der Waals surface area contributed by atoms with E-state index in [1.54, 1.807) is 6.20 Å². The Balaban J connectivity index is 1.46. The number of hydrogen-bond acceptors (Lipinski definition) is 4. The Bertz CT molecular complexity index is 1080. The zero-order valence-corrected chi connectivity index (χ0v) is 14.6. The van der Waals surface area contributed by atoms with E-state index < -0.39 is 0 Å². The van der Waals surface area contributed by atoms with E-state index in [0.29, 0.717) is 11.7 Å². The van der Waals surface area contributed by atoms with Crippen LogP contribution >= 0.6 is 0 Å². The number of hydrogen-bond donors (Lipinski definition) is 1. The molecule has 0 spiro atoms. The fourth-order valence-corrected chi connectivity index (χ4v) is 3.31. The molecule has 0 unspecified atom stereocenters. The van der Waals surface area contributed by atoms with Gasteiger partial charge in [0.05, 0.1) is 11.0 Å². The molecule has 0 atom stereocenters. The molecule has 26 heavy (non-hydrogen) atoms. The third-order valence-electron chi connectivity index (χ3n) is 4.82. The van der Waals surface area contributed by atoms with E-state index in [0.717, 1.165) is 22.6 Å². The van der Waals surface area contributed by atoms with Crippen LogP contribution in [0.2, 0.25) is 0 Å². The summed E-state index contributed by atoms with van der Waals surface area (Å²) in [5.41, 5.74) is 4.18. The first kappa shape index (κ1) is 15.1. The molecule has 2 aromatic carbocycles. The number of imidazole rings is 1. The number of benzene rings is 2. The number of aryl methyl sites for hydroxylation is 1. The van der Waals surface area contributed by atoms with Crippen LogP contribution < -0.4 is 5.32 Å². The normalized spacial score (nSPS) is 13.9. The van der Waals surface area contributed by atoms with Crippen molar-refractivity contribution in [3.8, 4) is 11.4 Å². The van der Waals surface area contributed by atoms with Crippen molar-refractivity contribution in [2.24, 2.45) is 7.05 Å². The van der Waals surface area contributed by atoms with Gasteiger partial charge in [-0.15, -0.1) is 0 Å². The molecule has 0 saturated heterocycles. The second-order valence-corrected chi connectivity index (χ2v) is 6.76. The van der Waals surface area contributed by atoms with E-state index in [2.05, 4.69) is 45.1 Å². The first-order valence-corrected chi connectivity index (χ1v) is 8.90. The van der Waals surface area contributed by atoms with Gasteiger partial charge in [0.2, 0.25) is 0 Å². The van der Waals surface area contributed by atoms with Gasteiger partial charge < -0.3 is 9.88 Å². The number of fused-ring (bicyclic) bond motifs is 1. The second-order valence-electron chi connectivity index (χ2n) is 6.76. The van der Waals surface area contributed by atoms with E-state index in [1.165, 1.54) is 24.2 Å². The molecule has 1 N–H and O–H groups in total. The van der Waals surface area contributed by atoms with Gasteiger partial charge in [0.25, 0.3) is 0 Å². The summed E-state index contributed by atoms with van der Waals surface area (Å²) >= 11 is 0. The van der Waals surface area contributed by atoms with E-state index in [1.807, 2.05) is 36.4 Å². The van der Waals surface area contributed by atoms with Gasteiger partial charge in [-0.1, -0.05) is 30.3 Å². The Morgan fingerprint density at radius 3 is 2.65 bits per heavy atom. The van der Waals surface area contributed by atoms with Gasteiger partial charge in [0.15, 0.2) is 5.82 Å². The molecule has 4 aromatic rings. The molecule has 5 rings (SSSR count). The Kier molecular flexibility index (Phi) is 3.45. The van der Waals surface area contributed by atoms with Crippen LogP contribution in [0.15, 0.2) is 60.8 Å². The van der Waals surface area contributed by atoms with Crippen molar-refractivity contribution in [2.75, 3.05) is 5.32 Å². The van der Waals surface area contributed by atoms with Crippen LogP contribution in [0.25, 0.3) is 22.4 Å². The number of nitrogens with one attached hydrogen (secondary N) is 1. The Morgan fingerprint density at radius 1 is 1.00 bits per heavy atom.